The quantitative estimate of drug-likeness (QED) is 0.625. The lowest BCUT2D eigenvalue weighted by Gasteiger charge is -1.83. The molecular weight excluding hydrogens is 146 g/mol. The molecule has 0 N–H and O–H groups in total. The van der Waals surface area contributed by atoms with E-state index < -0.39 is 0 Å². The number of aromatic nitrogens is 1. The van der Waals surface area contributed by atoms with Crippen molar-refractivity contribution in [2.24, 2.45) is 0 Å². The minimum atomic E-state index is 0.891. The number of hydrogen-bond donors (Lipinski definition) is 0. The van der Waals surface area contributed by atoms with Gasteiger partial charge in [0.1, 0.15) is 5.76 Å². The van der Waals surface area contributed by atoms with Crippen LogP contribution in [0.2, 0.25) is 0 Å². The second kappa shape index (κ2) is 2.27. The smallest absolute Gasteiger partial charge is 0.145 e. The van der Waals surface area contributed by atoms with Gasteiger partial charge >= 0.3 is 0 Å². The van der Waals surface area contributed by atoms with E-state index in [1.165, 1.54) is 0 Å². The maximum Gasteiger partial charge on any atom is 0.145 e. The molecule has 2 heterocycles. The Morgan fingerprint density at radius 2 is 2.50 bits per heavy atom. The van der Waals surface area contributed by atoms with E-state index in [1.54, 1.807) is 29.3 Å². The summed E-state index contributed by atoms with van der Waals surface area (Å²) in [4.78, 5) is 5.01. The van der Waals surface area contributed by atoms with Gasteiger partial charge in [-0.1, -0.05) is 0 Å². The maximum absolute atomic E-state index is 5.15. The van der Waals surface area contributed by atoms with Gasteiger partial charge < -0.3 is 4.42 Å². The van der Waals surface area contributed by atoms with E-state index in [9.17, 15) is 0 Å². The maximum atomic E-state index is 5.15. The lowest BCUT2D eigenvalue weighted by atomic mass is 10.4. The van der Waals surface area contributed by atoms with Crippen molar-refractivity contribution in [3.8, 4) is 10.6 Å². The molecule has 0 saturated carbocycles. The number of nitrogens with zero attached hydrogens (tertiary/aromatic N) is 1. The highest BCUT2D eigenvalue weighted by atomic mass is 32.1. The third kappa shape index (κ3) is 0.844. The molecule has 0 aromatic carbocycles. The van der Waals surface area contributed by atoms with Crippen molar-refractivity contribution >= 4 is 11.3 Å². The molecule has 0 fully saturated rings. The van der Waals surface area contributed by atoms with Crippen LogP contribution < -0.4 is 0 Å². The summed E-state index contributed by atoms with van der Waals surface area (Å²) in [5.41, 5.74) is 1.79. The minimum Gasteiger partial charge on any atom is -0.463 e. The molecule has 0 aliphatic carbocycles. The Balaban J connectivity index is 2.48. The molecule has 0 amide bonds. The fourth-order valence-electron chi connectivity index (χ4n) is 0.756. The van der Waals surface area contributed by atoms with Crippen molar-refractivity contribution in [3.63, 3.8) is 0 Å². The van der Waals surface area contributed by atoms with E-state index in [2.05, 4.69) is 4.98 Å². The molecule has 0 unspecified atom stereocenters. The van der Waals surface area contributed by atoms with Gasteiger partial charge in [-0.3, -0.25) is 4.98 Å². The standard InChI is InChI=1S/C7H5NOS/c1-2-6(9-3-1)7-4-8-5-10-7/h1-5H. The first kappa shape index (κ1) is 5.68. The Kier molecular flexibility index (Phi) is 1.29. The van der Waals surface area contributed by atoms with Crippen molar-refractivity contribution in [1.82, 2.24) is 4.98 Å². The first-order valence-corrected chi connectivity index (χ1v) is 3.77. The van der Waals surface area contributed by atoms with Gasteiger partial charge in [0.25, 0.3) is 0 Å². The van der Waals surface area contributed by atoms with E-state index in [-0.39, 0.29) is 0 Å². The average Bonchev–Trinajstić information content (AvgIpc) is 2.59. The van der Waals surface area contributed by atoms with Crippen molar-refractivity contribution in [2.75, 3.05) is 0 Å². The molecule has 2 aromatic rings. The molecule has 2 aromatic heterocycles. The van der Waals surface area contributed by atoms with Crippen molar-refractivity contribution in [2.45, 2.75) is 0 Å². The number of hydrogen-bond acceptors (Lipinski definition) is 3. The topological polar surface area (TPSA) is 26.0 Å². The normalized spacial score (nSPS) is 10.0. The molecule has 3 heteroatoms. The zero-order valence-corrected chi connectivity index (χ0v) is 5.97. The molecule has 2 rings (SSSR count). The summed E-state index contributed by atoms with van der Waals surface area (Å²) in [6, 6.07) is 3.79. The fourth-order valence-corrected chi connectivity index (χ4v) is 1.35. The lowest BCUT2D eigenvalue weighted by molar-refractivity contribution is 0.583. The summed E-state index contributed by atoms with van der Waals surface area (Å²) in [5, 5.41) is 0. The average molecular weight is 151 g/mol. The number of rotatable bonds is 1. The summed E-state index contributed by atoms with van der Waals surface area (Å²) >= 11 is 1.58. The second-order valence-electron chi connectivity index (χ2n) is 1.84. The summed E-state index contributed by atoms with van der Waals surface area (Å²) in [6.07, 6.45) is 3.46. The SMILES string of the molecule is c1coc(-c2cncs2)c1. The Morgan fingerprint density at radius 1 is 1.50 bits per heavy atom. The molecule has 0 atom stereocenters. The van der Waals surface area contributed by atoms with Crippen LogP contribution in [0.1, 0.15) is 0 Å². The monoisotopic (exact) mass is 151 g/mol. The van der Waals surface area contributed by atoms with E-state index in [0.717, 1.165) is 10.6 Å². The van der Waals surface area contributed by atoms with Gasteiger partial charge in [0.2, 0.25) is 0 Å². The zero-order chi connectivity index (χ0) is 6.81. The zero-order valence-electron chi connectivity index (χ0n) is 5.15. The largest absolute Gasteiger partial charge is 0.463 e. The van der Waals surface area contributed by atoms with Gasteiger partial charge in [-0.05, 0) is 12.1 Å². The van der Waals surface area contributed by atoms with E-state index in [1.807, 2.05) is 12.1 Å². The molecule has 0 bridgehead atoms. The highest BCUT2D eigenvalue weighted by Gasteiger charge is 1.99. The first-order chi connectivity index (χ1) is 4.97. The Labute approximate surface area is 62.1 Å². The molecular formula is C7H5NOS. The minimum absolute atomic E-state index is 0.891. The van der Waals surface area contributed by atoms with Gasteiger partial charge in [-0.2, -0.15) is 0 Å². The summed E-state index contributed by atoms with van der Waals surface area (Å²) in [5.74, 6) is 0.891. The van der Waals surface area contributed by atoms with E-state index >= 15 is 0 Å². The molecule has 0 radical (unpaired) electrons. The predicted molar refractivity (Wildman–Crippen MR) is 39.8 cm³/mol. The van der Waals surface area contributed by atoms with Crippen LogP contribution in [0.25, 0.3) is 10.6 Å². The van der Waals surface area contributed by atoms with Crippen LogP contribution in [-0.2, 0) is 0 Å². The van der Waals surface area contributed by atoms with Gasteiger partial charge in [-0.25, -0.2) is 0 Å². The van der Waals surface area contributed by atoms with Crippen LogP contribution in [0.3, 0.4) is 0 Å². The fraction of sp³-hybridized carbons (Fsp3) is 0. The molecule has 0 aliphatic rings. The third-order valence-electron chi connectivity index (χ3n) is 1.20. The Hall–Kier alpha value is -1.09. The summed E-state index contributed by atoms with van der Waals surface area (Å²) in [6.45, 7) is 0. The second-order valence-corrected chi connectivity index (χ2v) is 2.73. The van der Waals surface area contributed by atoms with E-state index in [4.69, 9.17) is 4.42 Å². The van der Waals surface area contributed by atoms with Crippen molar-refractivity contribution < 1.29 is 4.42 Å². The van der Waals surface area contributed by atoms with Gasteiger partial charge in [0, 0.05) is 6.20 Å². The van der Waals surface area contributed by atoms with Crippen molar-refractivity contribution in [3.05, 3.63) is 30.1 Å². The van der Waals surface area contributed by atoms with Crippen LogP contribution in [0.5, 0.6) is 0 Å². The number of furan rings is 1. The Bertz CT molecular complexity index is 253. The van der Waals surface area contributed by atoms with Crippen LogP contribution in [0.15, 0.2) is 34.5 Å². The van der Waals surface area contributed by atoms with Gasteiger partial charge in [0.15, 0.2) is 0 Å². The van der Waals surface area contributed by atoms with Crippen LogP contribution >= 0.6 is 11.3 Å². The summed E-state index contributed by atoms with van der Waals surface area (Å²) < 4.78 is 5.15. The van der Waals surface area contributed by atoms with Gasteiger partial charge in [-0.15, -0.1) is 11.3 Å². The highest BCUT2D eigenvalue weighted by molar-refractivity contribution is 7.13. The molecule has 0 aliphatic heterocycles. The highest BCUT2D eigenvalue weighted by Crippen LogP contribution is 2.22. The molecule has 0 spiro atoms. The molecule has 2 nitrogen and oxygen atoms in total. The lowest BCUT2D eigenvalue weighted by Crippen LogP contribution is -1.60. The van der Waals surface area contributed by atoms with Crippen molar-refractivity contribution in [1.29, 1.82) is 0 Å². The van der Waals surface area contributed by atoms with E-state index in [0.29, 0.717) is 0 Å². The Morgan fingerprint density at radius 3 is 3.10 bits per heavy atom. The predicted octanol–water partition coefficient (Wildman–Crippen LogP) is 2.40. The molecule has 10 heavy (non-hydrogen) atoms. The molecule has 50 valence electrons. The van der Waals surface area contributed by atoms with Crippen LogP contribution in [0, 0.1) is 0 Å². The van der Waals surface area contributed by atoms with Crippen LogP contribution in [0.4, 0.5) is 0 Å². The first-order valence-electron chi connectivity index (χ1n) is 2.89. The summed E-state index contributed by atoms with van der Waals surface area (Å²) in [7, 11) is 0. The van der Waals surface area contributed by atoms with Gasteiger partial charge in [0.05, 0.1) is 16.7 Å². The van der Waals surface area contributed by atoms with Crippen LogP contribution in [-0.4, -0.2) is 4.98 Å². The number of thiazole rings is 1. The third-order valence-corrected chi connectivity index (χ3v) is 1.98. The molecule has 0 saturated heterocycles.